The maximum absolute atomic E-state index is 13.4. The average molecular weight is 434 g/mol. The molecule has 1 N–H and O–H groups in total. The summed E-state index contributed by atoms with van der Waals surface area (Å²) in [5.41, 5.74) is 3.87. The highest BCUT2D eigenvalue weighted by Gasteiger charge is 2.47. The second-order valence-corrected chi connectivity index (χ2v) is 8.32. The number of rotatable bonds is 3. The molecule has 162 valence electrons. The summed E-state index contributed by atoms with van der Waals surface area (Å²) in [4.78, 5) is 32.3. The Hall–Kier alpha value is -4.25. The monoisotopic (exact) mass is 434 g/mol. The fourth-order valence-electron chi connectivity index (χ4n) is 4.63. The summed E-state index contributed by atoms with van der Waals surface area (Å²) in [6.07, 6.45) is 3.24. The molecule has 5 rings (SSSR count). The SMILES string of the molecule is Cc1cc(C)cc(N2C(=O)C(=O)/C(=C(\O)c3cccc4ccccc34)C2c2ccncc2)c1. The molecule has 0 bridgehead atoms. The molecule has 3 aromatic carbocycles. The Morgan fingerprint density at radius 1 is 0.879 bits per heavy atom. The van der Waals surface area contributed by atoms with E-state index in [1.54, 1.807) is 30.6 Å². The molecule has 1 aliphatic heterocycles. The minimum atomic E-state index is -0.770. The van der Waals surface area contributed by atoms with Gasteiger partial charge in [0.2, 0.25) is 0 Å². The molecule has 1 unspecified atom stereocenters. The number of ketones is 1. The first-order valence-electron chi connectivity index (χ1n) is 10.7. The molecule has 1 aliphatic rings. The first-order valence-corrected chi connectivity index (χ1v) is 10.7. The second kappa shape index (κ2) is 8.02. The summed E-state index contributed by atoms with van der Waals surface area (Å²) in [6, 6.07) is 21.7. The lowest BCUT2D eigenvalue weighted by atomic mass is 9.93. The van der Waals surface area contributed by atoms with Gasteiger partial charge in [-0.15, -0.1) is 0 Å². The largest absolute Gasteiger partial charge is 0.507 e. The molecule has 1 atom stereocenters. The van der Waals surface area contributed by atoms with Crippen molar-refractivity contribution in [2.45, 2.75) is 19.9 Å². The van der Waals surface area contributed by atoms with Crippen molar-refractivity contribution in [2.75, 3.05) is 4.90 Å². The minimum absolute atomic E-state index is 0.0710. The lowest BCUT2D eigenvalue weighted by molar-refractivity contribution is -0.132. The van der Waals surface area contributed by atoms with Crippen molar-refractivity contribution in [1.82, 2.24) is 4.98 Å². The number of aromatic nitrogens is 1. The number of amides is 1. The molecule has 4 aromatic rings. The summed E-state index contributed by atoms with van der Waals surface area (Å²) >= 11 is 0. The van der Waals surface area contributed by atoms with Gasteiger partial charge in [-0.3, -0.25) is 19.5 Å². The number of carbonyl (C=O) groups excluding carboxylic acids is 2. The molecular formula is C28H22N2O3. The van der Waals surface area contributed by atoms with Gasteiger partial charge in [0, 0.05) is 23.6 Å². The second-order valence-electron chi connectivity index (χ2n) is 8.32. The number of anilines is 1. The zero-order valence-corrected chi connectivity index (χ0v) is 18.3. The van der Waals surface area contributed by atoms with Crippen LogP contribution in [0.1, 0.15) is 28.3 Å². The van der Waals surface area contributed by atoms with Gasteiger partial charge < -0.3 is 5.11 Å². The Labute approximate surface area is 191 Å². The van der Waals surface area contributed by atoms with E-state index in [4.69, 9.17) is 0 Å². The predicted molar refractivity (Wildman–Crippen MR) is 129 cm³/mol. The van der Waals surface area contributed by atoms with Crippen molar-refractivity contribution in [3.63, 3.8) is 0 Å². The highest BCUT2D eigenvalue weighted by Crippen LogP contribution is 2.43. The van der Waals surface area contributed by atoms with Crippen molar-refractivity contribution in [2.24, 2.45) is 0 Å². The van der Waals surface area contributed by atoms with E-state index in [1.165, 1.54) is 4.90 Å². The fraction of sp³-hybridized carbons (Fsp3) is 0.107. The van der Waals surface area contributed by atoms with Gasteiger partial charge in [-0.2, -0.15) is 0 Å². The lowest BCUT2D eigenvalue weighted by Gasteiger charge is -2.26. The normalized spacial score (nSPS) is 17.6. The number of hydrogen-bond acceptors (Lipinski definition) is 4. The van der Waals surface area contributed by atoms with Gasteiger partial charge in [0.1, 0.15) is 5.76 Å². The van der Waals surface area contributed by atoms with E-state index in [2.05, 4.69) is 4.98 Å². The third-order valence-corrected chi connectivity index (χ3v) is 6.00. The van der Waals surface area contributed by atoms with Crippen LogP contribution in [0.3, 0.4) is 0 Å². The molecule has 0 spiro atoms. The van der Waals surface area contributed by atoms with Gasteiger partial charge in [-0.1, -0.05) is 48.5 Å². The number of aryl methyl sites for hydroxylation is 2. The first kappa shape index (κ1) is 20.6. The van der Waals surface area contributed by atoms with Crippen LogP contribution in [-0.2, 0) is 9.59 Å². The molecule has 1 aromatic heterocycles. The van der Waals surface area contributed by atoms with Crippen molar-refractivity contribution in [1.29, 1.82) is 0 Å². The Bertz CT molecular complexity index is 1410. The van der Waals surface area contributed by atoms with Crippen LogP contribution < -0.4 is 4.90 Å². The maximum Gasteiger partial charge on any atom is 0.300 e. The molecule has 0 radical (unpaired) electrons. The van der Waals surface area contributed by atoms with E-state index in [9.17, 15) is 14.7 Å². The zero-order chi connectivity index (χ0) is 23.1. The Morgan fingerprint density at radius 2 is 1.55 bits per heavy atom. The molecular weight excluding hydrogens is 412 g/mol. The average Bonchev–Trinajstić information content (AvgIpc) is 3.08. The molecule has 0 saturated carbocycles. The van der Waals surface area contributed by atoms with E-state index < -0.39 is 17.7 Å². The number of nitrogens with zero attached hydrogens (tertiary/aromatic N) is 2. The van der Waals surface area contributed by atoms with Crippen molar-refractivity contribution >= 4 is 33.9 Å². The van der Waals surface area contributed by atoms with Crippen LogP contribution in [0.4, 0.5) is 5.69 Å². The number of aliphatic hydroxyl groups excluding tert-OH is 1. The number of Topliss-reactive ketones (excluding diaryl/α,β-unsaturated/α-hetero) is 1. The van der Waals surface area contributed by atoms with Gasteiger partial charge in [0.05, 0.1) is 11.6 Å². The molecule has 1 fully saturated rings. The molecule has 5 heteroatoms. The summed E-state index contributed by atoms with van der Waals surface area (Å²) in [5.74, 6) is -1.55. The number of pyridine rings is 1. The van der Waals surface area contributed by atoms with E-state index >= 15 is 0 Å². The Morgan fingerprint density at radius 3 is 2.27 bits per heavy atom. The molecule has 1 amide bonds. The minimum Gasteiger partial charge on any atom is -0.507 e. The standard InChI is InChI=1S/C28H22N2O3/c1-17-14-18(2)16-21(15-17)30-25(20-10-12-29-13-11-20)24(27(32)28(30)33)26(31)23-9-5-7-19-6-3-4-8-22(19)23/h3-16,25,31H,1-2H3/b26-24-. The number of hydrogen-bond donors (Lipinski definition) is 1. The van der Waals surface area contributed by atoms with E-state index in [1.807, 2.05) is 68.4 Å². The van der Waals surface area contributed by atoms with E-state index in [0.29, 0.717) is 16.8 Å². The highest BCUT2D eigenvalue weighted by atomic mass is 16.3. The van der Waals surface area contributed by atoms with Crippen LogP contribution in [0.15, 0.2) is 90.8 Å². The van der Waals surface area contributed by atoms with Crippen LogP contribution in [0, 0.1) is 13.8 Å². The van der Waals surface area contributed by atoms with Gasteiger partial charge in [-0.25, -0.2) is 0 Å². The van der Waals surface area contributed by atoms with Gasteiger partial charge >= 0.3 is 0 Å². The summed E-state index contributed by atoms with van der Waals surface area (Å²) < 4.78 is 0. The van der Waals surface area contributed by atoms with Crippen LogP contribution in [0.2, 0.25) is 0 Å². The molecule has 33 heavy (non-hydrogen) atoms. The van der Waals surface area contributed by atoms with Crippen LogP contribution in [0.5, 0.6) is 0 Å². The molecule has 1 saturated heterocycles. The summed E-state index contributed by atoms with van der Waals surface area (Å²) in [5, 5.41) is 13.2. The summed E-state index contributed by atoms with van der Waals surface area (Å²) in [7, 11) is 0. The lowest BCUT2D eigenvalue weighted by Crippen LogP contribution is -2.29. The third kappa shape index (κ3) is 3.48. The van der Waals surface area contributed by atoms with E-state index in [-0.39, 0.29) is 11.3 Å². The van der Waals surface area contributed by atoms with Crippen LogP contribution in [-0.4, -0.2) is 21.8 Å². The van der Waals surface area contributed by atoms with Crippen molar-refractivity contribution in [3.8, 4) is 0 Å². The van der Waals surface area contributed by atoms with Crippen LogP contribution >= 0.6 is 0 Å². The third-order valence-electron chi connectivity index (χ3n) is 6.00. The highest BCUT2D eigenvalue weighted by molar-refractivity contribution is 6.51. The van der Waals surface area contributed by atoms with Crippen molar-refractivity contribution in [3.05, 3.63) is 113 Å². The molecule has 2 heterocycles. The quantitative estimate of drug-likeness (QED) is 0.263. The Kier molecular flexibility index (Phi) is 5.02. The van der Waals surface area contributed by atoms with Crippen LogP contribution in [0.25, 0.3) is 16.5 Å². The Balaban J connectivity index is 1.79. The fourth-order valence-corrected chi connectivity index (χ4v) is 4.63. The van der Waals surface area contributed by atoms with E-state index in [0.717, 1.165) is 21.9 Å². The predicted octanol–water partition coefficient (Wildman–Crippen LogP) is 5.48. The smallest absolute Gasteiger partial charge is 0.300 e. The first-order chi connectivity index (χ1) is 16.0. The van der Waals surface area contributed by atoms with Gasteiger partial charge in [0.15, 0.2) is 0 Å². The number of fused-ring (bicyclic) bond motifs is 1. The molecule has 5 nitrogen and oxygen atoms in total. The number of benzene rings is 3. The van der Waals surface area contributed by atoms with Gasteiger partial charge in [0.25, 0.3) is 11.7 Å². The van der Waals surface area contributed by atoms with Gasteiger partial charge in [-0.05, 0) is 65.6 Å². The maximum atomic E-state index is 13.4. The topological polar surface area (TPSA) is 70.5 Å². The number of carbonyl (C=O) groups is 2. The molecule has 0 aliphatic carbocycles. The number of aliphatic hydroxyl groups is 1. The van der Waals surface area contributed by atoms with Crippen molar-refractivity contribution < 1.29 is 14.7 Å². The zero-order valence-electron chi connectivity index (χ0n) is 18.3. The summed E-state index contributed by atoms with van der Waals surface area (Å²) in [6.45, 7) is 3.90.